The third kappa shape index (κ3) is 4.91. The molecule has 1 unspecified atom stereocenters. The topological polar surface area (TPSA) is 64.3 Å². The molecule has 106 valence electrons. The van der Waals surface area contributed by atoms with Crippen molar-refractivity contribution < 1.29 is 9.53 Å². The van der Waals surface area contributed by atoms with Gasteiger partial charge in [0.25, 0.3) is 0 Å². The number of nitrogens with two attached hydrogens (primary N) is 1. The van der Waals surface area contributed by atoms with Gasteiger partial charge in [-0.2, -0.15) is 0 Å². The molecule has 3 N–H and O–H groups in total. The molecule has 0 fully saturated rings. The van der Waals surface area contributed by atoms with Crippen molar-refractivity contribution in [3.8, 4) is 5.75 Å². The maximum atomic E-state index is 11.3. The van der Waals surface area contributed by atoms with Gasteiger partial charge in [0.2, 0.25) is 5.91 Å². The number of nitrogens with one attached hydrogen (secondary N) is 1. The molecule has 0 bridgehead atoms. The summed E-state index contributed by atoms with van der Waals surface area (Å²) in [5, 5.41) is 3.14. The van der Waals surface area contributed by atoms with Gasteiger partial charge >= 0.3 is 0 Å². The Bertz CT molecular complexity index is 430. The minimum absolute atomic E-state index is 0.221. The fraction of sp³-hybridized carbons (Fsp3) is 0.533. The summed E-state index contributed by atoms with van der Waals surface area (Å²) in [6.45, 7) is 8.53. The first-order valence-corrected chi connectivity index (χ1v) is 6.66. The van der Waals surface area contributed by atoms with Gasteiger partial charge in [-0.25, -0.2) is 0 Å². The van der Waals surface area contributed by atoms with Crippen molar-refractivity contribution in [2.24, 2.45) is 5.73 Å². The van der Waals surface area contributed by atoms with Gasteiger partial charge in [-0.3, -0.25) is 4.79 Å². The lowest BCUT2D eigenvalue weighted by Crippen LogP contribution is -2.45. The Morgan fingerprint density at radius 1 is 1.37 bits per heavy atom. The summed E-state index contributed by atoms with van der Waals surface area (Å²) in [4.78, 5) is 11.3. The minimum Gasteiger partial charge on any atom is -0.493 e. The van der Waals surface area contributed by atoms with Crippen LogP contribution in [0.4, 0.5) is 0 Å². The molecule has 0 aliphatic rings. The Kier molecular flexibility index (Phi) is 5.83. The summed E-state index contributed by atoms with van der Waals surface area (Å²) in [7, 11) is 0. The summed E-state index contributed by atoms with van der Waals surface area (Å²) < 4.78 is 5.73. The van der Waals surface area contributed by atoms with E-state index < -0.39 is 0 Å². The van der Waals surface area contributed by atoms with Crippen LogP contribution in [0.25, 0.3) is 0 Å². The van der Waals surface area contributed by atoms with E-state index in [0.29, 0.717) is 13.0 Å². The molecule has 0 saturated carbocycles. The number of primary amides is 1. The lowest BCUT2D eigenvalue weighted by Gasteiger charge is -2.19. The highest BCUT2D eigenvalue weighted by molar-refractivity contribution is 5.79. The number of hydrogen-bond donors (Lipinski definition) is 2. The Labute approximate surface area is 115 Å². The monoisotopic (exact) mass is 264 g/mol. The van der Waals surface area contributed by atoms with Crippen LogP contribution in [-0.4, -0.2) is 24.6 Å². The van der Waals surface area contributed by atoms with Crippen LogP contribution in [0.3, 0.4) is 0 Å². The Balaban J connectivity index is 2.52. The molecular formula is C15H24N2O2. The van der Waals surface area contributed by atoms with E-state index in [1.165, 1.54) is 5.56 Å². The summed E-state index contributed by atoms with van der Waals surface area (Å²) in [5.74, 6) is 0.533. The average molecular weight is 264 g/mol. The number of rotatable bonds is 7. The zero-order valence-electron chi connectivity index (χ0n) is 12.2. The molecule has 1 amide bonds. The number of carbonyl (C=O) groups is 1. The molecule has 0 spiro atoms. The molecule has 4 nitrogen and oxygen atoms in total. The van der Waals surface area contributed by atoms with Gasteiger partial charge in [-0.1, -0.05) is 26.0 Å². The zero-order chi connectivity index (χ0) is 14.4. The SMILES string of the molecule is Cc1cccc(OCCC(NC(C)C)C(N)=O)c1C. The molecule has 4 heteroatoms. The maximum Gasteiger partial charge on any atom is 0.234 e. The molecule has 1 rings (SSSR count). The predicted octanol–water partition coefficient (Wildman–Crippen LogP) is 1.92. The highest BCUT2D eigenvalue weighted by Crippen LogP contribution is 2.20. The molecular weight excluding hydrogens is 240 g/mol. The average Bonchev–Trinajstić information content (AvgIpc) is 2.32. The lowest BCUT2D eigenvalue weighted by molar-refractivity contribution is -0.120. The van der Waals surface area contributed by atoms with Crippen LogP contribution in [-0.2, 0) is 4.79 Å². The van der Waals surface area contributed by atoms with Crippen molar-refractivity contribution in [3.63, 3.8) is 0 Å². The summed E-state index contributed by atoms with van der Waals surface area (Å²) in [5.41, 5.74) is 7.69. The molecule has 0 radical (unpaired) electrons. The van der Waals surface area contributed by atoms with E-state index in [2.05, 4.69) is 18.3 Å². The second-order valence-electron chi connectivity index (χ2n) is 5.11. The lowest BCUT2D eigenvalue weighted by atomic mass is 10.1. The molecule has 1 aromatic rings. The van der Waals surface area contributed by atoms with Crippen LogP contribution in [0.5, 0.6) is 5.75 Å². The van der Waals surface area contributed by atoms with Crippen molar-refractivity contribution in [2.75, 3.05) is 6.61 Å². The van der Waals surface area contributed by atoms with Crippen molar-refractivity contribution >= 4 is 5.91 Å². The van der Waals surface area contributed by atoms with Gasteiger partial charge in [0.05, 0.1) is 12.6 Å². The second-order valence-corrected chi connectivity index (χ2v) is 5.11. The van der Waals surface area contributed by atoms with Crippen LogP contribution < -0.4 is 15.8 Å². The highest BCUT2D eigenvalue weighted by Gasteiger charge is 2.16. The molecule has 0 heterocycles. The Morgan fingerprint density at radius 2 is 2.05 bits per heavy atom. The smallest absolute Gasteiger partial charge is 0.234 e. The van der Waals surface area contributed by atoms with Gasteiger partial charge in [-0.05, 0) is 31.0 Å². The van der Waals surface area contributed by atoms with E-state index >= 15 is 0 Å². The van der Waals surface area contributed by atoms with Crippen molar-refractivity contribution in [2.45, 2.75) is 46.2 Å². The quantitative estimate of drug-likeness (QED) is 0.791. The van der Waals surface area contributed by atoms with E-state index in [0.717, 1.165) is 11.3 Å². The number of hydrogen-bond acceptors (Lipinski definition) is 3. The third-order valence-electron chi connectivity index (χ3n) is 3.10. The van der Waals surface area contributed by atoms with Gasteiger partial charge in [0.1, 0.15) is 5.75 Å². The molecule has 19 heavy (non-hydrogen) atoms. The van der Waals surface area contributed by atoms with Gasteiger partial charge in [-0.15, -0.1) is 0 Å². The van der Waals surface area contributed by atoms with Crippen LogP contribution in [0.15, 0.2) is 18.2 Å². The van der Waals surface area contributed by atoms with Crippen LogP contribution in [0, 0.1) is 13.8 Å². The first-order valence-electron chi connectivity index (χ1n) is 6.66. The number of carbonyl (C=O) groups excluding carboxylic acids is 1. The fourth-order valence-corrected chi connectivity index (χ4v) is 1.88. The predicted molar refractivity (Wildman–Crippen MR) is 77.3 cm³/mol. The molecule has 1 aromatic carbocycles. The maximum absolute atomic E-state index is 11.3. The van der Waals surface area contributed by atoms with Crippen molar-refractivity contribution in [1.82, 2.24) is 5.32 Å². The molecule has 0 aliphatic carbocycles. The Morgan fingerprint density at radius 3 is 2.63 bits per heavy atom. The van der Waals surface area contributed by atoms with E-state index in [1.54, 1.807) is 0 Å². The number of benzene rings is 1. The summed E-state index contributed by atoms with van der Waals surface area (Å²) in [6.07, 6.45) is 0.570. The van der Waals surface area contributed by atoms with Crippen molar-refractivity contribution in [3.05, 3.63) is 29.3 Å². The van der Waals surface area contributed by atoms with E-state index in [-0.39, 0.29) is 18.0 Å². The number of aryl methyl sites for hydroxylation is 1. The van der Waals surface area contributed by atoms with Crippen molar-refractivity contribution in [1.29, 1.82) is 0 Å². The summed E-state index contributed by atoms with van der Waals surface area (Å²) >= 11 is 0. The largest absolute Gasteiger partial charge is 0.493 e. The van der Waals surface area contributed by atoms with Crippen LogP contribution in [0.2, 0.25) is 0 Å². The Hall–Kier alpha value is -1.55. The molecule has 1 atom stereocenters. The molecule has 0 saturated heterocycles. The second kappa shape index (κ2) is 7.14. The van der Waals surface area contributed by atoms with Gasteiger partial charge in [0.15, 0.2) is 0 Å². The summed E-state index contributed by atoms with van der Waals surface area (Å²) in [6, 6.07) is 5.84. The van der Waals surface area contributed by atoms with Gasteiger partial charge in [0, 0.05) is 12.5 Å². The minimum atomic E-state index is -0.342. The third-order valence-corrected chi connectivity index (χ3v) is 3.10. The van der Waals surface area contributed by atoms with Gasteiger partial charge < -0.3 is 15.8 Å². The van der Waals surface area contributed by atoms with Crippen LogP contribution >= 0.6 is 0 Å². The number of ether oxygens (including phenoxy) is 1. The van der Waals surface area contributed by atoms with E-state index in [1.807, 2.05) is 32.9 Å². The zero-order valence-corrected chi connectivity index (χ0v) is 12.2. The van der Waals surface area contributed by atoms with E-state index in [9.17, 15) is 4.79 Å². The van der Waals surface area contributed by atoms with Crippen LogP contribution in [0.1, 0.15) is 31.4 Å². The first-order chi connectivity index (χ1) is 8.91. The molecule has 0 aromatic heterocycles. The molecule has 0 aliphatic heterocycles. The normalized spacial score (nSPS) is 12.5. The standard InChI is InChI=1S/C15H24N2O2/c1-10(2)17-13(15(16)18)8-9-19-14-7-5-6-11(3)12(14)4/h5-7,10,13,17H,8-9H2,1-4H3,(H2,16,18). The highest BCUT2D eigenvalue weighted by atomic mass is 16.5. The first kappa shape index (κ1) is 15.5. The van der Waals surface area contributed by atoms with E-state index in [4.69, 9.17) is 10.5 Å². The number of amides is 1. The fourth-order valence-electron chi connectivity index (χ4n) is 1.88.